The van der Waals surface area contributed by atoms with Crippen molar-refractivity contribution in [2.75, 3.05) is 13.7 Å². The van der Waals surface area contributed by atoms with Crippen molar-refractivity contribution in [1.82, 2.24) is 5.32 Å². The summed E-state index contributed by atoms with van der Waals surface area (Å²) in [7, 11) is 1.26. The van der Waals surface area contributed by atoms with E-state index in [1.165, 1.54) is 7.11 Å². The maximum atomic E-state index is 10.9. The number of amides is 1. The maximum absolute atomic E-state index is 10.9. The van der Waals surface area contributed by atoms with Gasteiger partial charge in [-0.15, -0.1) is 0 Å². The number of ether oxygens (including phenoxy) is 1. The van der Waals surface area contributed by atoms with Crippen molar-refractivity contribution in [3.05, 3.63) is 0 Å². The summed E-state index contributed by atoms with van der Waals surface area (Å²) >= 11 is 0. The van der Waals surface area contributed by atoms with Crippen molar-refractivity contribution in [2.24, 2.45) is 5.73 Å². The normalized spacial score (nSPS) is 11.9. The first-order chi connectivity index (χ1) is 5.56. The lowest BCUT2D eigenvalue weighted by Crippen LogP contribution is -2.33. The predicted octanol–water partition coefficient (Wildman–Crippen LogP) is -0.987. The number of hydrogen-bond acceptors (Lipinski definition) is 4. The van der Waals surface area contributed by atoms with Crippen LogP contribution in [-0.4, -0.2) is 31.6 Å². The number of carbonyl (C=O) groups is 2. The Morgan fingerprint density at radius 2 is 2.17 bits per heavy atom. The van der Waals surface area contributed by atoms with Crippen LogP contribution in [0.4, 0.5) is 0 Å². The Morgan fingerprint density at radius 1 is 1.58 bits per heavy atom. The van der Waals surface area contributed by atoms with Crippen LogP contribution >= 0.6 is 0 Å². The number of nitrogens with two attached hydrogens (primary N) is 1. The first kappa shape index (κ1) is 10.9. The van der Waals surface area contributed by atoms with Crippen LogP contribution in [0, 0.1) is 0 Å². The van der Waals surface area contributed by atoms with Crippen molar-refractivity contribution in [1.29, 1.82) is 0 Å². The third-order valence-corrected chi connectivity index (χ3v) is 1.16. The van der Waals surface area contributed by atoms with Crippen LogP contribution in [0.25, 0.3) is 0 Å². The highest BCUT2D eigenvalue weighted by Crippen LogP contribution is 1.84. The van der Waals surface area contributed by atoms with Gasteiger partial charge in [-0.2, -0.15) is 0 Å². The quantitative estimate of drug-likeness (QED) is 0.536. The molecule has 0 bridgehead atoms. The molecule has 1 amide bonds. The highest BCUT2D eigenvalue weighted by molar-refractivity contribution is 5.82. The average molecular weight is 174 g/mol. The smallest absolute Gasteiger partial charge is 0.325 e. The zero-order valence-corrected chi connectivity index (χ0v) is 7.29. The van der Waals surface area contributed by atoms with Crippen molar-refractivity contribution < 1.29 is 14.3 Å². The SMILES string of the molecule is COC(=O)CNC(=O)CC(C)N. The fourth-order valence-electron chi connectivity index (χ4n) is 0.608. The first-order valence-corrected chi connectivity index (χ1v) is 3.65. The van der Waals surface area contributed by atoms with Crippen molar-refractivity contribution in [2.45, 2.75) is 19.4 Å². The van der Waals surface area contributed by atoms with Gasteiger partial charge in [0.25, 0.3) is 0 Å². The minimum absolute atomic E-state index is 0.0952. The van der Waals surface area contributed by atoms with Gasteiger partial charge in [-0.25, -0.2) is 0 Å². The molecule has 12 heavy (non-hydrogen) atoms. The van der Waals surface area contributed by atoms with Crippen LogP contribution in [-0.2, 0) is 14.3 Å². The van der Waals surface area contributed by atoms with Gasteiger partial charge in [-0.05, 0) is 6.92 Å². The Morgan fingerprint density at radius 3 is 2.58 bits per heavy atom. The molecule has 5 heteroatoms. The van der Waals surface area contributed by atoms with E-state index in [4.69, 9.17) is 5.73 Å². The number of hydrogen-bond donors (Lipinski definition) is 2. The fourth-order valence-corrected chi connectivity index (χ4v) is 0.608. The summed E-state index contributed by atoms with van der Waals surface area (Å²) in [6.45, 7) is 1.62. The molecular formula is C7H14N2O3. The lowest BCUT2D eigenvalue weighted by Gasteiger charge is -2.05. The Labute approximate surface area is 71.3 Å². The third kappa shape index (κ3) is 5.67. The molecule has 0 aliphatic carbocycles. The van der Waals surface area contributed by atoms with Crippen LogP contribution in [0.5, 0.6) is 0 Å². The van der Waals surface area contributed by atoms with Crippen LogP contribution in [0.15, 0.2) is 0 Å². The Kier molecular flexibility index (Phi) is 5.03. The van der Waals surface area contributed by atoms with E-state index >= 15 is 0 Å². The zero-order chi connectivity index (χ0) is 9.56. The molecule has 1 unspecified atom stereocenters. The summed E-state index contributed by atoms with van der Waals surface area (Å²) in [6.07, 6.45) is 0.219. The molecule has 0 spiro atoms. The molecule has 0 saturated heterocycles. The van der Waals surface area contributed by atoms with Crippen molar-refractivity contribution in [3.63, 3.8) is 0 Å². The second-order valence-electron chi connectivity index (χ2n) is 2.53. The Hall–Kier alpha value is -1.10. The standard InChI is InChI=1S/C7H14N2O3/c1-5(8)3-6(10)9-4-7(11)12-2/h5H,3-4,8H2,1-2H3,(H,9,10). The van der Waals surface area contributed by atoms with Crippen LogP contribution in [0.1, 0.15) is 13.3 Å². The summed E-state index contributed by atoms with van der Waals surface area (Å²) in [5.41, 5.74) is 5.36. The summed E-state index contributed by atoms with van der Waals surface area (Å²) < 4.78 is 4.32. The van der Waals surface area contributed by atoms with Gasteiger partial charge in [0.15, 0.2) is 0 Å². The van der Waals surface area contributed by atoms with Crippen LogP contribution in [0.3, 0.4) is 0 Å². The topological polar surface area (TPSA) is 81.4 Å². The molecule has 1 atom stereocenters. The lowest BCUT2D eigenvalue weighted by molar-refractivity contribution is -0.141. The highest BCUT2D eigenvalue weighted by atomic mass is 16.5. The van der Waals surface area contributed by atoms with Crippen molar-refractivity contribution >= 4 is 11.9 Å². The van der Waals surface area contributed by atoms with E-state index in [0.29, 0.717) is 0 Å². The molecule has 0 fully saturated rings. The Bertz CT molecular complexity index is 168. The number of carbonyl (C=O) groups excluding carboxylic acids is 2. The predicted molar refractivity (Wildman–Crippen MR) is 43.3 cm³/mol. The molecule has 3 N–H and O–H groups in total. The summed E-state index contributed by atoms with van der Waals surface area (Å²) in [6, 6.07) is -0.192. The summed E-state index contributed by atoms with van der Waals surface area (Å²) in [4.78, 5) is 21.4. The second-order valence-corrected chi connectivity index (χ2v) is 2.53. The minimum Gasteiger partial charge on any atom is -0.468 e. The molecule has 0 heterocycles. The van der Waals surface area contributed by atoms with E-state index in [1.54, 1.807) is 6.92 Å². The van der Waals surface area contributed by atoms with Crippen molar-refractivity contribution in [3.8, 4) is 0 Å². The van der Waals surface area contributed by atoms with E-state index in [2.05, 4.69) is 10.1 Å². The number of esters is 1. The summed E-state index contributed by atoms with van der Waals surface area (Å²) in [5, 5.41) is 2.37. The van der Waals surface area contributed by atoms with Gasteiger partial charge in [-0.1, -0.05) is 0 Å². The molecule has 70 valence electrons. The highest BCUT2D eigenvalue weighted by Gasteiger charge is 2.06. The maximum Gasteiger partial charge on any atom is 0.325 e. The molecule has 5 nitrogen and oxygen atoms in total. The zero-order valence-electron chi connectivity index (χ0n) is 7.29. The molecule has 0 aromatic heterocycles. The van der Waals surface area contributed by atoms with Crippen LogP contribution in [0.2, 0.25) is 0 Å². The molecular weight excluding hydrogens is 160 g/mol. The second kappa shape index (κ2) is 5.54. The minimum atomic E-state index is -0.465. The van der Waals surface area contributed by atoms with Crippen LogP contribution < -0.4 is 11.1 Å². The van der Waals surface area contributed by atoms with Gasteiger partial charge in [-0.3, -0.25) is 9.59 Å². The van der Waals surface area contributed by atoms with E-state index in [1.807, 2.05) is 0 Å². The largest absolute Gasteiger partial charge is 0.468 e. The van der Waals surface area contributed by atoms with Gasteiger partial charge in [0.2, 0.25) is 5.91 Å². The van der Waals surface area contributed by atoms with Gasteiger partial charge in [0.1, 0.15) is 6.54 Å². The molecule has 0 aliphatic heterocycles. The molecule has 0 aromatic carbocycles. The van der Waals surface area contributed by atoms with Gasteiger partial charge in [0, 0.05) is 12.5 Å². The lowest BCUT2D eigenvalue weighted by atomic mass is 10.2. The van der Waals surface area contributed by atoms with Gasteiger partial charge < -0.3 is 15.8 Å². The number of nitrogens with one attached hydrogen (secondary N) is 1. The van der Waals surface area contributed by atoms with E-state index < -0.39 is 5.97 Å². The molecule has 0 aromatic rings. The molecule has 0 radical (unpaired) electrons. The monoisotopic (exact) mass is 174 g/mol. The molecule has 0 rings (SSSR count). The fraction of sp³-hybridized carbons (Fsp3) is 0.714. The van der Waals surface area contributed by atoms with Gasteiger partial charge in [0.05, 0.1) is 7.11 Å². The van der Waals surface area contributed by atoms with E-state index in [0.717, 1.165) is 0 Å². The molecule has 0 aliphatic rings. The Balaban J connectivity index is 3.51. The summed E-state index contributed by atoms with van der Waals surface area (Å²) in [5.74, 6) is -0.705. The van der Waals surface area contributed by atoms with E-state index in [-0.39, 0.29) is 24.9 Å². The molecule has 0 saturated carbocycles. The first-order valence-electron chi connectivity index (χ1n) is 3.65. The number of rotatable bonds is 4. The van der Waals surface area contributed by atoms with Gasteiger partial charge >= 0.3 is 5.97 Å². The number of methoxy groups -OCH3 is 1. The third-order valence-electron chi connectivity index (χ3n) is 1.16. The van der Waals surface area contributed by atoms with E-state index in [9.17, 15) is 9.59 Å². The average Bonchev–Trinajstić information content (AvgIpc) is 1.99.